The highest BCUT2D eigenvalue weighted by molar-refractivity contribution is 6.30. The molecule has 1 amide bonds. The quantitative estimate of drug-likeness (QED) is 0.772. The Labute approximate surface area is 164 Å². The van der Waals surface area contributed by atoms with Gasteiger partial charge in [-0.3, -0.25) is 4.79 Å². The van der Waals surface area contributed by atoms with Crippen molar-refractivity contribution in [3.05, 3.63) is 46.6 Å². The zero-order chi connectivity index (χ0) is 19.4. The van der Waals surface area contributed by atoms with Gasteiger partial charge in [-0.25, -0.2) is 0 Å². The Balaban J connectivity index is 1.49. The molecule has 0 spiro atoms. The van der Waals surface area contributed by atoms with Gasteiger partial charge in [0.25, 0.3) is 0 Å². The second-order valence-electron chi connectivity index (χ2n) is 7.87. The molecule has 0 saturated carbocycles. The Hall–Kier alpha value is -1.92. The van der Waals surface area contributed by atoms with E-state index in [2.05, 4.69) is 10.1 Å². The molecular weight excluding hydrogens is 366 g/mol. The maximum Gasteiger partial charge on any atom is 0.226 e. The van der Waals surface area contributed by atoms with Gasteiger partial charge >= 0.3 is 0 Å². The van der Waals surface area contributed by atoms with Crippen LogP contribution >= 0.6 is 11.6 Å². The van der Waals surface area contributed by atoms with Crippen molar-refractivity contribution in [2.24, 2.45) is 0 Å². The fraction of sp³-hybridized carbons (Fsp3) is 0.550. The maximum atomic E-state index is 12.6. The third-order valence-electron chi connectivity index (χ3n) is 4.58. The van der Waals surface area contributed by atoms with Crippen LogP contribution in [0.15, 0.2) is 28.8 Å². The van der Waals surface area contributed by atoms with Crippen LogP contribution in [0.25, 0.3) is 0 Å². The van der Waals surface area contributed by atoms with E-state index in [0.717, 1.165) is 5.56 Å². The molecule has 1 aliphatic heterocycles. The minimum atomic E-state index is -0.137. The van der Waals surface area contributed by atoms with Crippen molar-refractivity contribution in [2.45, 2.75) is 51.6 Å². The summed E-state index contributed by atoms with van der Waals surface area (Å²) >= 11 is 5.94. The highest BCUT2D eigenvalue weighted by Crippen LogP contribution is 2.24. The number of hydrogen-bond donors (Lipinski definition) is 0. The number of morpholine rings is 1. The number of aryl methyl sites for hydroxylation is 1. The molecular formula is C20H26ClN3O3. The number of ether oxygens (including phenoxy) is 1. The van der Waals surface area contributed by atoms with Crippen molar-refractivity contribution in [3.8, 4) is 0 Å². The van der Waals surface area contributed by atoms with Crippen LogP contribution < -0.4 is 0 Å². The molecule has 1 aromatic carbocycles. The molecule has 0 aliphatic carbocycles. The summed E-state index contributed by atoms with van der Waals surface area (Å²) in [6, 6.07) is 7.58. The van der Waals surface area contributed by atoms with Gasteiger partial charge in [-0.2, -0.15) is 4.98 Å². The summed E-state index contributed by atoms with van der Waals surface area (Å²) in [5.74, 6) is 1.42. The number of halogens is 1. The standard InChI is InChI=1S/C20H26ClN3O3/c1-20(2,3)19-22-17(27-23-19)5-4-6-18(25)24-11-12-26-16(13-24)14-7-9-15(21)10-8-14/h7-10,16H,4-6,11-13H2,1-3H3. The van der Waals surface area contributed by atoms with Crippen LogP contribution in [0.3, 0.4) is 0 Å². The Kier molecular flexibility index (Phi) is 6.17. The van der Waals surface area contributed by atoms with Crippen molar-refractivity contribution < 1.29 is 14.1 Å². The van der Waals surface area contributed by atoms with Crippen LogP contribution in [0, 0.1) is 0 Å². The lowest BCUT2D eigenvalue weighted by Gasteiger charge is -2.33. The van der Waals surface area contributed by atoms with Gasteiger partial charge in [0.2, 0.25) is 11.8 Å². The van der Waals surface area contributed by atoms with Crippen molar-refractivity contribution >= 4 is 17.5 Å². The molecule has 2 heterocycles. The Bertz CT molecular complexity index is 768. The fourth-order valence-corrected chi connectivity index (χ4v) is 3.09. The van der Waals surface area contributed by atoms with E-state index in [0.29, 0.717) is 55.7 Å². The second-order valence-corrected chi connectivity index (χ2v) is 8.30. The van der Waals surface area contributed by atoms with Crippen LogP contribution in [-0.4, -0.2) is 40.6 Å². The highest BCUT2D eigenvalue weighted by atomic mass is 35.5. The first kappa shape index (κ1) is 19.8. The summed E-state index contributed by atoms with van der Waals surface area (Å²) in [6.07, 6.45) is 1.65. The monoisotopic (exact) mass is 391 g/mol. The van der Waals surface area contributed by atoms with Crippen molar-refractivity contribution in [1.82, 2.24) is 15.0 Å². The normalized spacial score (nSPS) is 17.9. The highest BCUT2D eigenvalue weighted by Gasteiger charge is 2.25. The van der Waals surface area contributed by atoms with E-state index in [1.54, 1.807) is 0 Å². The predicted octanol–water partition coefficient (Wildman–Crippen LogP) is 3.94. The lowest BCUT2D eigenvalue weighted by molar-refractivity contribution is -0.139. The zero-order valence-corrected chi connectivity index (χ0v) is 16.8. The average Bonchev–Trinajstić information content (AvgIpc) is 3.12. The van der Waals surface area contributed by atoms with Gasteiger partial charge in [-0.15, -0.1) is 0 Å². The van der Waals surface area contributed by atoms with Gasteiger partial charge in [0, 0.05) is 29.8 Å². The number of carbonyl (C=O) groups excluding carboxylic acids is 1. The molecule has 146 valence electrons. The number of aromatic nitrogens is 2. The Morgan fingerprint density at radius 2 is 2.04 bits per heavy atom. The van der Waals surface area contributed by atoms with Gasteiger partial charge in [-0.1, -0.05) is 49.7 Å². The third kappa shape index (κ3) is 5.30. The summed E-state index contributed by atoms with van der Waals surface area (Å²) in [6.45, 7) is 7.85. The van der Waals surface area contributed by atoms with Gasteiger partial charge in [0.1, 0.15) is 6.10 Å². The van der Waals surface area contributed by atoms with Crippen LogP contribution in [0.2, 0.25) is 5.02 Å². The van der Waals surface area contributed by atoms with E-state index in [9.17, 15) is 4.79 Å². The number of amides is 1. The molecule has 1 aromatic heterocycles. The van der Waals surface area contributed by atoms with Gasteiger partial charge in [-0.05, 0) is 24.1 Å². The minimum absolute atomic E-state index is 0.106. The summed E-state index contributed by atoms with van der Waals surface area (Å²) in [7, 11) is 0. The number of hydrogen-bond acceptors (Lipinski definition) is 5. The number of carbonyl (C=O) groups is 1. The first-order valence-electron chi connectivity index (χ1n) is 9.31. The Morgan fingerprint density at radius 1 is 1.30 bits per heavy atom. The van der Waals surface area contributed by atoms with E-state index >= 15 is 0 Å². The molecule has 1 aliphatic rings. The maximum absolute atomic E-state index is 12.6. The molecule has 1 unspecified atom stereocenters. The summed E-state index contributed by atoms with van der Waals surface area (Å²) in [5, 5.41) is 4.71. The third-order valence-corrected chi connectivity index (χ3v) is 4.83. The average molecular weight is 392 g/mol. The summed E-state index contributed by atoms with van der Waals surface area (Å²) in [4.78, 5) is 18.9. The molecule has 1 fully saturated rings. The van der Waals surface area contributed by atoms with E-state index < -0.39 is 0 Å². The fourth-order valence-electron chi connectivity index (χ4n) is 2.96. The zero-order valence-electron chi connectivity index (χ0n) is 16.1. The van der Waals surface area contributed by atoms with Gasteiger partial charge in [0.15, 0.2) is 5.82 Å². The van der Waals surface area contributed by atoms with Crippen LogP contribution in [-0.2, 0) is 21.4 Å². The van der Waals surface area contributed by atoms with E-state index in [-0.39, 0.29) is 17.4 Å². The largest absolute Gasteiger partial charge is 0.370 e. The van der Waals surface area contributed by atoms with E-state index in [1.165, 1.54) is 0 Å². The molecule has 6 nitrogen and oxygen atoms in total. The van der Waals surface area contributed by atoms with E-state index in [4.69, 9.17) is 20.9 Å². The summed E-state index contributed by atoms with van der Waals surface area (Å²) in [5.41, 5.74) is 0.902. The number of benzene rings is 1. The van der Waals surface area contributed by atoms with Crippen LogP contribution in [0.5, 0.6) is 0 Å². The molecule has 3 rings (SSSR count). The molecule has 0 N–H and O–H groups in total. The van der Waals surface area contributed by atoms with Gasteiger partial charge in [0.05, 0.1) is 13.2 Å². The first-order chi connectivity index (χ1) is 12.8. The number of nitrogens with zero attached hydrogens (tertiary/aromatic N) is 3. The summed E-state index contributed by atoms with van der Waals surface area (Å²) < 4.78 is 11.1. The number of rotatable bonds is 5. The first-order valence-corrected chi connectivity index (χ1v) is 9.68. The predicted molar refractivity (Wildman–Crippen MR) is 103 cm³/mol. The molecule has 1 atom stereocenters. The van der Waals surface area contributed by atoms with Gasteiger partial charge < -0.3 is 14.2 Å². The van der Waals surface area contributed by atoms with Crippen LogP contribution in [0.4, 0.5) is 0 Å². The SMILES string of the molecule is CC(C)(C)c1noc(CCCC(=O)N2CCOC(c3ccc(Cl)cc3)C2)n1. The molecule has 0 radical (unpaired) electrons. The van der Waals surface area contributed by atoms with Crippen molar-refractivity contribution in [2.75, 3.05) is 19.7 Å². The Morgan fingerprint density at radius 3 is 2.70 bits per heavy atom. The minimum Gasteiger partial charge on any atom is -0.370 e. The van der Waals surface area contributed by atoms with E-state index in [1.807, 2.05) is 49.9 Å². The smallest absolute Gasteiger partial charge is 0.226 e. The topological polar surface area (TPSA) is 68.5 Å². The lowest BCUT2D eigenvalue weighted by Crippen LogP contribution is -2.42. The molecule has 1 saturated heterocycles. The molecule has 7 heteroatoms. The second kappa shape index (κ2) is 8.40. The van der Waals surface area contributed by atoms with Crippen molar-refractivity contribution in [3.63, 3.8) is 0 Å². The molecule has 0 bridgehead atoms. The van der Waals surface area contributed by atoms with Crippen molar-refractivity contribution in [1.29, 1.82) is 0 Å². The molecule has 27 heavy (non-hydrogen) atoms. The lowest BCUT2D eigenvalue weighted by atomic mass is 9.96. The van der Waals surface area contributed by atoms with Crippen LogP contribution in [0.1, 0.15) is 57.0 Å². The molecule has 2 aromatic rings.